The lowest BCUT2D eigenvalue weighted by Gasteiger charge is -2.59. The van der Waals surface area contributed by atoms with E-state index in [0.717, 1.165) is 26.1 Å². The molecular weight excluding hydrogens is 528 g/mol. The summed E-state index contributed by atoms with van der Waals surface area (Å²) in [4.78, 5) is 11.8. The number of para-hydroxylation sites is 2. The topological polar surface area (TPSA) is 45.7 Å². The van der Waals surface area contributed by atoms with Crippen molar-refractivity contribution in [3.8, 4) is 0 Å². The van der Waals surface area contributed by atoms with E-state index in [0.29, 0.717) is 18.0 Å². The Kier molecular flexibility index (Phi) is 4.94. The molecule has 43 heavy (non-hydrogen) atoms. The number of aliphatic hydroxyl groups is 1. The Bertz CT molecular complexity index is 1810. The molecule has 1 saturated carbocycles. The van der Waals surface area contributed by atoms with E-state index in [1.807, 2.05) is 0 Å². The third-order valence-electron chi connectivity index (χ3n) is 12.9. The van der Waals surface area contributed by atoms with Gasteiger partial charge in [0.15, 0.2) is 0 Å². The minimum atomic E-state index is -0.437. The Labute approximate surface area is 253 Å². The van der Waals surface area contributed by atoms with Gasteiger partial charge in [-0.15, -0.1) is 0 Å². The predicted molar refractivity (Wildman–Crippen MR) is 172 cm³/mol. The monoisotopic (exact) mass is 568 g/mol. The quantitative estimate of drug-likeness (QED) is 0.328. The van der Waals surface area contributed by atoms with Crippen molar-refractivity contribution in [2.75, 3.05) is 24.5 Å². The van der Waals surface area contributed by atoms with Crippen LogP contribution in [0.15, 0.2) is 89.8 Å². The smallest absolute Gasteiger partial charge is 0.0827 e. The van der Waals surface area contributed by atoms with E-state index in [-0.39, 0.29) is 23.3 Å². The fourth-order valence-corrected chi connectivity index (χ4v) is 11.2. The van der Waals surface area contributed by atoms with Crippen LogP contribution in [0.1, 0.15) is 56.0 Å². The number of allylic oxidation sites excluding steroid dienone is 2. The van der Waals surface area contributed by atoms with E-state index < -0.39 is 6.10 Å². The molecule has 2 aromatic carbocycles. The standard InChI is InChI=1S/C38H40N4O/c1-3-22-19-40-15-13-25-24-9-5-7-11-30(24)39-35(25)32(40)17-26(22)28-21-42-31-12-8-6-10-29(31)38-14-16-41-20-23(4-2)27(18-33(38)41)34(36(28)43)37(38)42/h3-13,15,21,26-27,32-34,36-37,39,43H,14,16-20H2,1-2H3. The number of H-pyrrole nitrogens is 1. The Hall–Kier alpha value is -3.54. The lowest BCUT2D eigenvalue weighted by atomic mass is 9.53. The van der Waals surface area contributed by atoms with Gasteiger partial charge in [0.2, 0.25) is 0 Å². The molecule has 3 aromatic rings. The first kappa shape index (κ1) is 24.9. The van der Waals surface area contributed by atoms with Crippen LogP contribution in [0.2, 0.25) is 0 Å². The average molecular weight is 569 g/mol. The van der Waals surface area contributed by atoms with Crippen LogP contribution in [0.4, 0.5) is 5.69 Å². The van der Waals surface area contributed by atoms with Gasteiger partial charge in [-0.2, -0.15) is 0 Å². The maximum Gasteiger partial charge on any atom is 0.0827 e. The molecule has 8 atom stereocenters. The molecule has 5 heteroatoms. The number of fused-ring (bicyclic) bond motifs is 9. The molecule has 5 nitrogen and oxygen atoms in total. The fourth-order valence-electron chi connectivity index (χ4n) is 11.2. The van der Waals surface area contributed by atoms with Gasteiger partial charge in [0.25, 0.3) is 0 Å². The van der Waals surface area contributed by atoms with Crippen molar-refractivity contribution < 1.29 is 5.11 Å². The summed E-state index contributed by atoms with van der Waals surface area (Å²) in [7, 11) is 0. The maximum atomic E-state index is 12.7. The summed E-state index contributed by atoms with van der Waals surface area (Å²) in [6, 6.07) is 19.1. The van der Waals surface area contributed by atoms with E-state index in [1.54, 1.807) is 5.57 Å². The second-order valence-electron chi connectivity index (χ2n) is 14.2. The average Bonchev–Trinajstić information content (AvgIpc) is 3.72. The highest BCUT2D eigenvalue weighted by atomic mass is 16.3. The summed E-state index contributed by atoms with van der Waals surface area (Å²) in [5.74, 6) is 0.860. The summed E-state index contributed by atoms with van der Waals surface area (Å²) in [5, 5.41) is 14.0. The number of rotatable bonds is 1. The van der Waals surface area contributed by atoms with Crippen molar-refractivity contribution in [1.29, 1.82) is 0 Å². The lowest BCUT2D eigenvalue weighted by Crippen LogP contribution is -2.67. The highest BCUT2D eigenvalue weighted by Crippen LogP contribution is 2.66. The molecule has 2 N–H and O–H groups in total. The largest absolute Gasteiger partial charge is 0.388 e. The van der Waals surface area contributed by atoms with Crippen molar-refractivity contribution in [2.45, 2.75) is 62.8 Å². The number of aromatic amines is 1. The van der Waals surface area contributed by atoms with Crippen LogP contribution in [-0.2, 0) is 5.41 Å². The molecule has 0 radical (unpaired) electrons. The van der Waals surface area contributed by atoms with Gasteiger partial charge in [-0.3, -0.25) is 4.90 Å². The fraction of sp³-hybridized carbons (Fsp3) is 0.421. The summed E-state index contributed by atoms with van der Waals surface area (Å²) < 4.78 is 0. The molecule has 7 heterocycles. The Morgan fingerprint density at radius 3 is 2.70 bits per heavy atom. The first-order valence-electron chi connectivity index (χ1n) is 16.5. The van der Waals surface area contributed by atoms with E-state index in [4.69, 9.17) is 0 Å². The van der Waals surface area contributed by atoms with E-state index >= 15 is 0 Å². The zero-order valence-corrected chi connectivity index (χ0v) is 25.1. The van der Waals surface area contributed by atoms with Gasteiger partial charge < -0.3 is 19.9 Å². The Morgan fingerprint density at radius 1 is 0.977 bits per heavy atom. The molecule has 0 amide bonds. The molecule has 1 aliphatic carbocycles. The van der Waals surface area contributed by atoms with Crippen LogP contribution < -0.4 is 4.90 Å². The number of aromatic nitrogens is 1. The molecule has 3 saturated heterocycles. The third kappa shape index (κ3) is 2.96. The molecule has 7 aliphatic rings. The second kappa shape index (κ2) is 8.55. The van der Waals surface area contributed by atoms with Crippen LogP contribution in [0.3, 0.4) is 0 Å². The summed E-state index contributed by atoms with van der Waals surface area (Å²) in [6.07, 6.45) is 14.7. The van der Waals surface area contributed by atoms with E-state index in [1.165, 1.54) is 57.4 Å². The minimum absolute atomic E-state index is 0.111. The predicted octanol–water partition coefficient (Wildman–Crippen LogP) is 6.52. The summed E-state index contributed by atoms with van der Waals surface area (Å²) in [5.41, 5.74) is 11.1. The first-order chi connectivity index (χ1) is 21.1. The third-order valence-corrected chi connectivity index (χ3v) is 12.9. The molecular formula is C38H40N4O. The van der Waals surface area contributed by atoms with Crippen molar-refractivity contribution in [2.24, 2.45) is 17.8 Å². The van der Waals surface area contributed by atoms with Crippen LogP contribution in [0.5, 0.6) is 0 Å². The molecule has 10 rings (SSSR count). The van der Waals surface area contributed by atoms with Gasteiger partial charge in [-0.1, -0.05) is 54.1 Å². The molecule has 2 bridgehead atoms. The van der Waals surface area contributed by atoms with E-state index in [2.05, 4.69) is 113 Å². The number of aliphatic hydroxyl groups excluding tert-OH is 1. The van der Waals surface area contributed by atoms with Gasteiger partial charge in [0.05, 0.1) is 18.2 Å². The number of anilines is 1. The molecule has 6 aliphatic heterocycles. The highest BCUT2D eigenvalue weighted by molar-refractivity contribution is 5.91. The number of nitrogens with one attached hydrogen (secondary N) is 1. The maximum absolute atomic E-state index is 12.7. The van der Waals surface area contributed by atoms with Crippen LogP contribution in [0, 0.1) is 17.8 Å². The number of hydrogen-bond donors (Lipinski definition) is 2. The van der Waals surface area contributed by atoms with Crippen molar-refractivity contribution in [3.05, 3.63) is 107 Å². The zero-order chi connectivity index (χ0) is 28.6. The van der Waals surface area contributed by atoms with Crippen LogP contribution in [0.25, 0.3) is 17.0 Å². The molecule has 1 aromatic heterocycles. The van der Waals surface area contributed by atoms with Crippen molar-refractivity contribution in [1.82, 2.24) is 14.8 Å². The van der Waals surface area contributed by atoms with Gasteiger partial charge in [0.1, 0.15) is 0 Å². The second-order valence-corrected chi connectivity index (χ2v) is 14.2. The number of benzene rings is 2. The molecule has 8 unspecified atom stereocenters. The Morgan fingerprint density at radius 2 is 1.81 bits per heavy atom. The molecule has 218 valence electrons. The van der Waals surface area contributed by atoms with Gasteiger partial charge >= 0.3 is 0 Å². The number of nitrogens with zero attached hydrogens (tertiary/aromatic N) is 3. The highest BCUT2D eigenvalue weighted by Gasteiger charge is 2.69. The SMILES string of the molecule is CC=C1CN2C=Cc3c([nH]c4ccccc34)C2CC1C1=CN2c3ccccc3C34CCN5CC(=CC)C(CC53)C(C1O)C24. The lowest BCUT2D eigenvalue weighted by molar-refractivity contribution is -0.0142. The zero-order valence-electron chi connectivity index (χ0n) is 25.1. The summed E-state index contributed by atoms with van der Waals surface area (Å²) in [6.45, 7) is 7.55. The van der Waals surface area contributed by atoms with Crippen molar-refractivity contribution in [3.63, 3.8) is 0 Å². The van der Waals surface area contributed by atoms with E-state index in [9.17, 15) is 5.11 Å². The molecule has 4 fully saturated rings. The number of hydrogen-bond acceptors (Lipinski definition) is 4. The first-order valence-corrected chi connectivity index (χ1v) is 16.5. The Balaban J connectivity index is 1.13. The van der Waals surface area contributed by atoms with Gasteiger partial charge in [-0.05, 0) is 80.5 Å². The molecule has 1 spiro atoms. The van der Waals surface area contributed by atoms with Crippen LogP contribution in [-0.4, -0.2) is 57.7 Å². The minimum Gasteiger partial charge on any atom is -0.388 e. The number of piperidine rings is 2. The van der Waals surface area contributed by atoms with Gasteiger partial charge in [-0.25, -0.2) is 0 Å². The summed E-state index contributed by atoms with van der Waals surface area (Å²) >= 11 is 0. The van der Waals surface area contributed by atoms with Crippen molar-refractivity contribution >= 4 is 22.7 Å². The van der Waals surface area contributed by atoms with Gasteiger partial charge in [0, 0.05) is 76.6 Å². The normalized spacial score (nSPS) is 38.8. The van der Waals surface area contributed by atoms with Crippen LogP contribution >= 0.6 is 0 Å².